The second-order valence-electron chi connectivity index (χ2n) is 9.61. The first-order valence-electron chi connectivity index (χ1n) is 12.4. The number of carbonyl (C=O) groups is 1. The van der Waals surface area contributed by atoms with Gasteiger partial charge in [-0.3, -0.25) is 9.69 Å². The van der Waals surface area contributed by atoms with Gasteiger partial charge in [0, 0.05) is 18.1 Å². The minimum Gasteiger partial charge on any atom is -0.494 e. The third-order valence-corrected chi connectivity index (χ3v) is 7.40. The van der Waals surface area contributed by atoms with Crippen LogP contribution < -0.4 is 4.74 Å². The lowest BCUT2D eigenvalue weighted by molar-refractivity contribution is -0.228. The summed E-state index contributed by atoms with van der Waals surface area (Å²) in [6.07, 6.45) is -3.77. The summed E-state index contributed by atoms with van der Waals surface area (Å²) in [6, 6.07) is 13.1. The van der Waals surface area contributed by atoms with E-state index in [1.807, 2.05) is 42.2 Å². The number of nitrogens with zero attached hydrogens (tertiary/aromatic N) is 1. The van der Waals surface area contributed by atoms with Gasteiger partial charge < -0.3 is 29.9 Å². The Labute approximate surface area is 216 Å². The molecule has 0 aromatic heterocycles. The van der Waals surface area contributed by atoms with Gasteiger partial charge in [-0.15, -0.1) is 0 Å². The lowest BCUT2D eigenvalue weighted by atomic mass is 9.89. The van der Waals surface area contributed by atoms with E-state index >= 15 is 0 Å². The van der Waals surface area contributed by atoms with Gasteiger partial charge in [-0.25, -0.2) is 0 Å². The smallest absolute Gasteiger partial charge is 0.307 e. The number of aliphatic hydroxyl groups is 3. The average Bonchev–Trinajstić information content (AvgIpc) is 2.87. The number of aliphatic carboxylic acids is 1. The third-order valence-electron chi connectivity index (χ3n) is 7.03. The van der Waals surface area contributed by atoms with Crippen molar-refractivity contribution in [1.82, 2.24) is 4.90 Å². The van der Waals surface area contributed by atoms with Crippen LogP contribution in [0.25, 0.3) is 0 Å². The van der Waals surface area contributed by atoms with Gasteiger partial charge in [-0.1, -0.05) is 35.9 Å². The molecule has 196 valence electrons. The molecule has 4 N–H and O–H groups in total. The molecule has 0 bridgehead atoms. The minimum atomic E-state index is -1.40. The van der Waals surface area contributed by atoms with E-state index in [4.69, 9.17) is 21.1 Å². The molecule has 0 aliphatic carbocycles. The van der Waals surface area contributed by atoms with Crippen molar-refractivity contribution in [3.05, 3.63) is 64.2 Å². The van der Waals surface area contributed by atoms with Crippen molar-refractivity contribution in [1.29, 1.82) is 0 Å². The quantitative estimate of drug-likeness (QED) is 0.420. The maximum absolute atomic E-state index is 11.4. The first kappa shape index (κ1) is 26.9. The number of aliphatic hydroxyl groups excluding tert-OH is 3. The number of ether oxygens (including phenoxy) is 2. The maximum Gasteiger partial charge on any atom is 0.307 e. The molecule has 2 aliphatic heterocycles. The van der Waals surface area contributed by atoms with Gasteiger partial charge >= 0.3 is 5.97 Å². The van der Waals surface area contributed by atoms with E-state index in [1.54, 1.807) is 12.1 Å². The van der Waals surface area contributed by atoms with Gasteiger partial charge in [0.2, 0.25) is 0 Å². The fourth-order valence-electron chi connectivity index (χ4n) is 5.05. The van der Waals surface area contributed by atoms with Crippen LogP contribution in [-0.2, 0) is 16.0 Å². The zero-order valence-corrected chi connectivity index (χ0v) is 21.1. The van der Waals surface area contributed by atoms with Gasteiger partial charge in [0.1, 0.15) is 30.2 Å². The molecule has 2 aromatic rings. The van der Waals surface area contributed by atoms with Crippen LogP contribution in [0.15, 0.2) is 42.5 Å². The van der Waals surface area contributed by atoms with Gasteiger partial charge in [0.15, 0.2) is 0 Å². The molecule has 4 rings (SSSR count). The molecule has 2 saturated heterocycles. The highest BCUT2D eigenvalue weighted by Crippen LogP contribution is 2.35. The van der Waals surface area contributed by atoms with E-state index in [0.29, 0.717) is 43.1 Å². The van der Waals surface area contributed by atoms with Crippen LogP contribution in [0.3, 0.4) is 0 Å². The average molecular weight is 520 g/mol. The van der Waals surface area contributed by atoms with Crippen LogP contribution in [0.2, 0.25) is 5.02 Å². The number of piperidine rings is 1. The molecule has 2 heterocycles. The number of halogens is 1. The number of benzene rings is 2. The normalized spacial score (nSPS) is 29.1. The molecule has 2 aromatic carbocycles. The van der Waals surface area contributed by atoms with Gasteiger partial charge in [-0.05, 0) is 67.6 Å². The van der Waals surface area contributed by atoms with Crippen LogP contribution >= 0.6 is 11.6 Å². The molecule has 0 radical (unpaired) electrons. The number of carboxylic acids is 1. The molecule has 6 atom stereocenters. The summed E-state index contributed by atoms with van der Waals surface area (Å²) in [5.41, 5.74) is 2.52. The fraction of sp³-hybridized carbons (Fsp3) is 0.519. The minimum absolute atomic E-state index is 0.262. The second kappa shape index (κ2) is 11.9. The number of hydrogen-bond donors (Lipinski definition) is 4. The van der Waals surface area contributed by atoms with Crippen LogP contribution in [0.1, 0.15) is 42.6 Å². The van der Waals surface area contributed by atoms with Gasteiger partial charge in [0.25, 0.3) is 0 Å². The van der Waals surface area contributed by atoms with Crippen LogP contribution in [-0.4, -0.2) is 82.0 Å². The van der Waals surface area contributed by atoms with E-state index in [-0.39, 0.29) is 6.54 Å². The molecule has 0 amide bonds. The Morgan fingerprint density at radius 1 is 1.11 bits per heavy atom. The summed E-state index contributed by atoms with van der Waals surface area (Å²) in [5.74, 6) is -0.506. The third kappa shape index (κ3) is 6.19. The molecular formula is C27H34ClNO7. The van der Waals surface area contributed by atoms with Crippen molar-refractivity contribution in [2.24, 2.45) is 5.92 Å². The van der Waals surface area contributed by atoms with Crippen molar-refractivity contribution in [3.8, 4) is 5.75 Å². The Kier molecular flexibility index (Phi) is 8.87. The van der Waals surface area contributed by atoms with Crippen molar-refractivity contribution < 1.29 is 34.7 Å². The van der Waals surface area contributed by atoms with E-state index < -0.39 is 42.4 Å². The van der Waals surface area contributed by atoms with Crippen LogP contribution in [0, 0.1) is 5.92 Å². The van der Waals surface area contributed by atoms with Crippen LogP contribution in [0.4, 0.5) is 0 Å². The van der Waals surface area contributed by atoms with Gasteiger partial charge in [-0.2, -0.15) is 0 Å². The lowest BCUT2D eigenvalue weighted by Crippen LogP contribution is -2.58. The lowest BCUT2D eigenvalue weighted by Gasteiger charge is -2.43. The molecule has 2 aliphatic rings. The predicted molar refractivity (Wildman–Crippen MR) is 134 cm³/mol. The molecule has 8 nitrogen and oxygen atoms in total. The topological polar surface area (TPSA) is 120 Å². The summed E-state index contributed by atoms with van der Waals surface area (Å²) in [6.45, 7) is 3.83. The standard InChI is InChI=1S/C27H34ClNO7/c1-2-35-20-8-5-16(6-9-20)12-19-13-17(7-10-21(19)28)26-25(32)24(31)23(30)22(36-26)15-29-11-3-4-18(14-29)27(33)34/h5-10,13,18,22-26,30-32H,2-4,11-12,14-15H2,1H3,(H,33,34)/t18?,22-,23-,24+,25-,26+/m1/s1. The Balaban J connectivity index is 1.50. The summed E-state index contributed by atoms with van der Waals surface area (Å²) < 4.78 is 11.6. The van der Waals surface area contributed by atoms with E-state index in [9.17, 15) is 25.2 Å². The summed E-state index contributed by atoms with van der Waals surface area (Å²) in [4.78, 5) is 13.4. The molecular weight excluding hydrogens is 486 g/mol. The molecule has 2 fully saturated rings. The first-order valence-corrected chi connectivity index (χ1v) is 12.8. The zero-order valence-electron chi connectivity index (χ0n) is 20.3. The van der Waals surface area contributed by atoms with E-state index in [2.05, 4.69) is 0 Å². The fourth-order valence-corrected chi connectivity index (χ4v) is 5.24. The van der Waals surface area contributed by atoms with Crippen molar-refractivity contribution in [2.45, 2.75) is 56.7 Å². The Morgan fingerprint density at radius 3 is 2.56 bits per heavy atom. The van der Waals surface area contributed by atoms with E-state index in [1.165, 1.54) is 0 Å². The van der Waals surface area contributed by atoms with Crippen LogP contribution in [0.5, 0.6) is 5.75 Å². The summed E-state index contributed by atoms with van der Waals surface area (Å²) >= 11 is 6.48. The predicted octanol–water partition coefficient (Wildman–Crippen LogP) is 2.65. The number of carboxylic acid groups (broad SMARTS) is 1. The number of rotatable bonds is 8. The molecule has 1 unspecified atom stereocenters. The van der Waals surface area contributed by atoms with Crippen molar-refractivity contribution >= 4 is 17.6 Å². The zero-order chi connectivity index (χ0) is 25.8. The molecule has 0 spiro atoms. The summed E-state index contributed by atoms with van der Waals surface area (Å²) in [7, 11) is 0. The highest BCUT2D eigenvalue weighted by atomic mass is 35.5. The SMILES string of the molecule is CCOc1ccc(Cc2cc([C@@H]3O[C@H](CN4CCCC(C(=O)O)C4)[C@@H](O)[C@H](O)[C@H]3O)ccc2Cl)cc1. The Morgan fingerprint density at radius 2 is 1.86 bits per heavy atom. The molecule has 9 heteroatoms. The molecule has 36 heavy (non-hydrogen) atoms. The first-order chi connectivity index (χ1) is 17.3. The largest absolute Gasteiger partial charge is 0.494 e. The van der Waals surface area contributed by atoms with Crippen molar-refractivity contribution in [2.75, 3.05) is 26.2 Å². The number of likely N-dealkylation sites (tertiary alicyclic amines) is 1. The van der Waals surface area contributed by atoms with Crippen molar-refractivity contribution in [3.63, 3.8) is 0 Å². The second-order valence-corrected chi connectivity index (χ2v) is 10.0. The van der Waals surface area contributed by atoms with Gasteiger partial charge in [0.05, 0.1) is 18.6 Å². The molecule has 0 saturated carbocycles. The Bertz CT molecular complexity index is 1030. The number of hydrogen-bond acceptors (Lipinski definition) is 7. The highest BCUT2D eigenvalue weighted by Gasteiger charge is 2.45. The maximum atomic E-state index is 11.4. The summed E-state index contributed by atoms with van der Waals surface area (Å²) in [5, 5.41) is 41.9. The van der Waals surface area contributed by atoms with E-state index in [0.717, 1.165) is 23.3 Å². The monoisotopic (exact) mass is 519 g/mol. The Hall–Kier alpha value is -2.20. The highest BCUT2D eigenvalue weighted by molar-refractivity contribution is 6.31.